The predicted molar refractivity (Wildman–Crippen MR) is 151 cm³/mol. The van der Waals surface area contributed by atoms with Crippen LogP contribution < -0.4 is 5.32 Å². The van der Waals surface area contributed by atoms with E-state index in [2.05, 4.69) is 59.9 Å². The molecule has 0 aromatic heterocycles. The first-order chi connectivity index (χ1) is 18.0. The van der Waals surface area contributed by atoms with Crippen LogP contribution in [-0.2, 0) is 19.1 Å². The van der Waals surface area contributed by atoms with Crippen LogP contribution in [0.15, 0.2) is 11.6 Å². The highest BCUT2D eigenvalue weighted by Crippen LogP contribution is 2.74. The number of ether oxygens (including phenoxy) is 2. The molecule has 0 unspecified atom stereocenters. The molecule has 0 bridgehead atoms. The fraction of sp³-hybridized carbons (Fsp3) is 0.848. The Kier molecular flexibility index (Phi) is 6.49. The number of esters is 1. The predicted octanol–water partition coefficient (Wildman–Crippen LogP) is 7.01. The lowest BCUT2D eigenvalue weighted by molar-refractivity contribution is -0.210. The van der Waals surface area contributed by atoms with E-state index in [0.29, 0.717) is 11.7 Å². The van der Waals surface area contributed by atoms with Crippen LogP contribution in [0.4, 0.5) is 4.79 Å². The third-order valence-electron chi connectivity index (χ3n) is 13.4. The fourth-order valence-corrected chi connectivity index (χ4v) is 11.0. The number of hydrogen-bond acceptors (Lipinski definition) is 5. The highest BCUT2D eigenvalue weighted by molar-refractivity contribution is 5.95. The molecule has 6 nitrogen and oxygen atoms in total. The summed E-state index contributed by atoms with van der Waals surface area (Å²) in [5, 5.41) is 3.14. The maximum absolute atomic E-state index is 14.5. The lowest BCUT2D eigenvalue weighted by Crippen LogP contribution is -2.67. The number of fused-ring (bicyclic) bond motifs is 7. The van der Waals surface area contributed by atoms with Crippen molar-refractivity contribution in [2.45, 2.75) is 125 Å². The first-order valence-corrected chi connectivity index (χ1v) is 15.3. The van der Waals surface area contributed by atoms with Gasteiger partial charge in [0.1, 0.15) is 6.10 Å². The van der Waals surface area contributed by atoms with Gasteiger partial charge in [0, 0.05) is 23.8 Å². The largest absolute Gasteiger partial charge is 0.462 e. The second-order valence-electron chi connectivity index (χ2n) is 15.8. The van der Waals surface area contributed by atoms with Crippen LogP contribution in [-0.4, -0.2) is 36.6 Å². The van der Waals surface area contributed by atoms with Gasteiger partial charge in [0.25, 0.3) is 0 Å². The number of carbonyl (C=O) groups is 3. The normalized spacial score (nSPS) is 48.3. The summed E-state index contributed by atoms with van der Waals surface area (Å²) < 4.78 is 10.8. The second-order valence-corrected chi connectivity index (χ2v) is 15.8. The molecule has 218 valence electrons. The lowest BCUT2D eigenvalue weighted by atomic mass is 9.33. The summed E-state index contributed by atoms with van der Waals surface area (Å²) in [5.74, 6) is 0.631. The van der Waals surface area contributed by atoms with E-state index in [0.717, 1.165) is 57.8 Å². The maximum atomic E-state index is 14.5. The van der Waals surface area contributed by atoms with Crippen molar-refractivity contribution in [2.24, 2.45) is 44.8 Å². The van der Waals surface area contributed by atoms with E-state index < -0.39 is 0 Å². The Hall–Kier alpha value is -1.85. The lowest BCUT2D eigenvalue weighted by Gasteiger charge is -2.70. The summed E-state index contributed by atoms with van der Waals surface area (Å²) in [4.78, 5) is 38.6. The number of allylic oxidation sites excluding steroid dienone is 2. The van der Waals surface area contributed by atoms with E-state index in [9.17, 15) is 14.4 Å². The average Bonchev–Trinajstić information content (AvgIpc) is 2.83. The number of amides is 1. The van der Waals surface area contributed by atoms with Crippen molar-refractivity contribution in [3.63, 3.8) is 0 Å². The SMILES string of the molecule is COC(=O)N[C@@]1(C)CC[C@]2(C)CC[C@]3(C)C(=CC(=O)[C@@H]4[C@@]5(C)CC[C@H](OC(C)=O)C(C)(C)[C@@H]5CC[C@]43C)[C@H]2C1. The minimum Gasteiger partial charge on any atom is -0.462 e. The van der Waals surface area contributed by atoms with Crippen LogP contribution in [0.1, 0.15) is 113 Å². The number of ketones is 1. The first-order valence-electron chi connectivity index (χ1n) is 15.3. The highest BCUT2D eigenvalue weighted by atomic mass is 16.5. The molecule has 0 spiro atoms. The molecule has 5 aliphatic carbocycles. The summed E-state index contributed by atoms with van der Waals surface area (Å²) >= 11 is 0. The molecule has 4 saturated carbocycles. The smallest absolute Gasteiger partial charge is 0.407 e. The van der Waals surface area contributed by atoms with Crippen LogP contribution in [0.3, 0.4) is 0 Å². The van der Waals surface area contributed by atoms with Crippen LogP contribution in [0.5, 0.6) is 0 Å². The molecule has 0 saturated heterocycles. The molecule has 9 atom stereocenters. The molecule has 1 N–H and O–H groups in total. The first kappa shape index (κ1) is 28.7. The van der Waals surface area contributed by atoms with Crippen molar-refractivity contribution in [3.05, 3.63) is 11.6 Å². The molecule has 5 aliphatic rings. The fourth-order valence-electron chi connectivity index (χ4n) is 11.0. The van der Waals surface area contributed by atoms with Gasteiger partial charge in [-0.3, -0.25) is 9.59 Å². The third kappa shape index (κ3) is 3.96. The molecule has 39 heavy (non-hydrogen) atoms. The zero-order chi connectivity index (χ0) is 28.8. The topological polar surface area (TPSA) is 81.7 Å². The van der Waals surface area contributed by atoms with E-state index in [4.69, 9.17) is 9.47 Å². The van der Waals surface area contributed by atoms with Gasteiger partial charge in [0.15, 0.2) is 5.78 Å². The summed E-state index contributed by atoms with van der Waals surface area (Å²) in [7, 11) is 1.42. The quantitative estimate of drug-likeness (QED) is 0.380. The Morgan fingerprint density at radius 1 is 0.923 bits per heavy atom. The van der Waals surface area contributed by atoms with Crippen molar-refractivity contribution in [1.82, 2.24) is 5.32 Å². The van der Waals surface area contributed by atoms with Crippen molar-refractivity contribution in [1.29, 1.82) is 0 Å². The van der Waals surface area contributed by atoms with Gasteiger partial charge < -0.3 is 14.8 Å². The van der Waals surface area contributed by atoms with Crippen LogP contribution >= 0.6 is 0 Å². The number of alkyl carbamates (subject to hydrolysis) is 1. The highest BCUT2D eigenvalue weighted by Gasteiger charge is 2.70. The molecule has 5 rings (SSSR count). The Morgan fingerprint density at radius 2 is 1.59 bits per heavy atom. The van der Waals surface area contributed by atoms with Gasteiger partial charge >= 0.3 is 12.1 Å². The van der Waals surface area contributed by atoms with Crippen molar-refractivity contribution in [2.75, 3.05) is 7.11 Å². The molecular formula is C33H51NO5. The van der Waals surface area contributed by atoms with Gasteiger partial charge in [0.2, 0.25) is 0 Å². The Balaban J connectivity index is 1.54. The Bertz CT molecular complexity index is 1110. The monoisotopic (exact) mass is 541 g/mol. The van der Waals surface area contributed by atoms with Gasteiger partial charge in [-0.25, -0.2) is 4.79 Å². The van der Waals surface area contributed by atoms with Crippen molar-refractivity contribution >= 4 is 17.8 Å². The second kappa shape index (κ2) is 8.82. The van der Waals surface area contributed by atoms with Crippen LogP contribution in [0, 0.1) is 44.8 Å². The maximum Gasteiger partial charge on any atom is 0.407 e. The van der Waals surface area contributed by atoms with E-state index in [1.54, 1.807) is 0 Å². The van der Waals surface area contributed by atoms with E-state index in [1.807, 2.05) is 0 Å². The number of rotatable bonds is 2. The average molecular weight is 542 g/mol. The minimum absolute atomic E-state index is 0.0393. The molecule has 0 aliphatic heterocycles. The minimum atomic E-state index is -0.376. The molecule has 4 fully saturated rings. The zero-order valence-electron chi connectivity index (χ0n) is 25.8. The molecular weight excluding hydrogens is 490 g/mol. The molecule has 0 heterocycles. The Morgan fingerprint density at radius 3 is 2.23 bits per heavy atom. The van der Waals surface area contributed by atoms with Gasteiger partial charge in [-0.15, -0.1) is 0 Å². The van der Waals surface area contributed by atoms with E-state index in [1.165, 1.54) is 19.6 Å². The summed E-state index contributed by atoms with van der Waals surface area (Å²) in [6.07, 6.45) is 10.4. The number of nitrogens with one attached hydrogen (secondary N) is 1. The third-order valence-corrected chi connectivity index (χ3v) is 13.4. The standard InChI is InChI=1S/C33H51NO5/c1-20(35)39-25-11-12-31(6)24(28(25,2)3)10-13-33(8)26(31)23(36)18-21-22-19-30(5,34-27(37)38-9)16-14-29(22,4)15-17-32(21,33)7/h18,22,24-26H,10-17,19H2,1-9H3,(H,34,37)/t22-,24+,25+,26-,29-,30+,31+,32-,33-/m1/s1. The van der Waals surface area contributed by atoms with Crippen LogP contribution in [0.2, 0.25) is 0 Å². The van der Waals surface area contributed by atoms with Crippen LogP contribution in [0.25, 0.3) is 0 Å². The van der Waals surface area contributed by atoms with E-state index >= 15 is 0 Å². The van der Waals surface area contributed by atoms with Gasteiger partial charge in [-0.1, -0.05) is 47.1 Å². The van der Waals surface area contributed by atoms with Gasteiger partial charge in [0.05, 0.1) is 7.11 Å². The zero-order valence-corrected chi connectivity index (χ0v) is 25.8. The van der Waals surface area contributed by atoms with E-state index in [-0.39, 0.29) is 62.6 Å². The summed E-state index contributed by atoms with van der Waals surface area (Å²) in [6.45, 7) is 17.8. The van der Waals surface area contributed by atoms with Gasteiger partial charge in [-0.2, -0.15) is 0 Å². The number of hydrogen-bond donors (Lipinski definition) is 1. The summed E-state index contributed by atoms with van der Waals surface area (Å²) in [6, 6.07) is 0. The summed E-state index contributed by atoms with van der Waals surface area (Å²) in [5.41, 5.74) is 0.619. The Labute approximate surface area is 235 Å². The molecule has 0 aromatic rings. The van der Waals surface area contributed by atoms with Crippen molar-refractivity contribution < 1.29 is 23.9 Å². The van der Waals surface area contributed by atoms with Crippen molar-refractivity contribution in [3.8, 4) is 0 Å². The molecule has 0 aromatic carbocycles. The number of carbonyl (C=O) groups excluding carboxylic acids is 3. The molecule has 0 radical (unpaired) electrons. The molecule has 6 heteroatoms. The molecule has 1 amide bonds. The van der Waals surface area contributed by atoms with Gasteiger partial charge in [-0.05, 0) is 104 Å². The number of methoxy groups -OCH3 is 1.